The Morgan fingerprint density at radius 3 is 2.60 bits per heavy atom. The Morgan fingerprint density at radius 2 is 1.84 bits per heavy atom. The van der Waals surface area contributed by atoms with Gasteiger partial charge in [-0.05, 0) is 57.5 Å². The van der Waals surface area contributed by atoms with Gasteiger partial charge in [0.15, 0.2) is 0 Å². The molecule has 25 heavy (non-hydrogen) atoms. The van der Waals surface area contributed by atoms with Gasteiger partial charge in [0.05, 0.1) is 16.6 Å². The smallest absolute Gasteiger partial charge is 0.339 e. The second-order valence-corrected chi connectivity index (χ2v) is 7.30. The molecular formula is C21H20N2O2. The van der Waals surface area contributed by atoms with Crippen molar-refractivity contribution in [1.29, 1.82) is 0 Å². The number of aromatic nitrogens is 2. The average Bonchev–Trinajstić information content (AvgIpc) is 2.93. The third-order valence-corrected chi connectivity index (χ3v) is 4.34. The van der Waals surface area contributed by atoms with Crippen LogP contribution in [-0.2, 0) is 4.74 Å². The summed E-state index contributed by atoms with van der Waals surface area (Å²) < 4.78 is 7.79. The number of rotatable bonds is 1. The van der Waals surface area contributed by atoms with Crippen molar-refractivity contribution in [3.63, 3.8) is 0 Å². The van der Waals surface area contributed by atoms with Gasteiger partial charge in [0, 0.05) is 17.0 Å². The van der Waals surface area contributed by atoms with Crippen LogP contribution in [0.15, 0.2) is 48.7 Å². The van der Waals surface area contributed by atoms with Gasteiger partial charge >= 0.3 is 5.97 Å². The van der Waals surface area contributed by atoms with Crippen LogP contribution in [0.2, 0.25) is 0 Å². The highest BCUT2D eigenvalue weighted by atomic mass is 16.6. The van der Waals surface area contributed by atoms with Gasteiger partial charge < -0.3 is 4.74 Å². The SMILES string of the molecule is Cc1c(C(=O)OC(C)(C)C)c2ccccc2n2c1cc1cccnc12. The number of fused-ring (bicyclic) bond motifs is 5. The van der Waals surface area contributed by atoms with E-state index in [-0.39, 0.29) is 5.97 Å². The number of benzene rings is 1. The monoisotopic (exact) mass is 332 g/mol. The molecule has 3 heterocycles. The van der Waals surface area contributed by atoms with E-state index < -0.39 is 5.60 Å². The van der Waals surface area contributed by atoms with Crippen LogP contribution < -0.4 is 0 Å². The summed E-state index contributed by atoms with van der Waals surface area (Å²) in [7, 11) is 0. The molecule has 4 heteroatoms. The fourth-order valence-corrected chi connectivity index (χ4v) is 3.36. The third-order valence-electron chi connectivity index (χ3n) is 4.34. The number of pyridine rings is 2. The number of aryl methyl sites for hydroxylation is 1. The molecule has 0 aliphatic heterocycles. The third kappa shape index (κ3) is 2.45. The van der Waals surface area contributed by atoms with Gasteiger partial charge in [0.1, 0.15) is 11.2 Å². The number of nitrogens with zero attached hydrogens (tertiary/aromatic N) is 2. The Kier molecular flexibility index (Phi) is 3.32. The van der Waals surface area contributed by atoms with E-state index in [1.807, 2.05) is 64.1 Å². The molecule has 0 aliphatic rings. The lowest BCUT2D eigenvalue weighted by molar-refractivity contribution is 0.00712. The van der Waals surface area contributed by atoms with Crippen molar-refractivity contribution in [3.05, 3.63) is 59.8 Å². The number of para-hydroxylation sites is 1. The maximum Gasteiger partial charge on any atom is 0.339 e. The molecule has 4 nitrogen and oxygen atoms in total. The summed E-state index contributed by atoms with van der Waals surface area (Å²) in [6.07, 6.45) is 1.79. The zero-order valence-electron chi connectivity index (χ0n) is 14.8. The van der Waals surface area contributed by atoms with E-state index in [2.05, 4.69) is 15.5 Å². The van der Waals surface area contributed by atoms with Crippen LogP contribution in [0.3, 0.4) is 0 Å². The van der Waals surface area contributed by atoms with Crippen molar-refractivity contribution in [3.8, 4) is 0 Å². The number of hydrogen-bond acceptors (Lipinski definition) is 3. The van der Waals surface area contributed by atoms with Crippen LogP contribution in [0.25, 0.3) is 27.5 Å². The van der Waals surface area contributed by atoms with Crippen LogP contribution >= 0.6 is 0 Å². The largest absolute Gasteiger partial charge is 0.456 e. The predicted octanol–water partition coefficient (Wildman–Crippen LogP) is 4.90. The van der Waals surface area contributed by atoms with E-state index in [0.717, 1.165) is 33.0 Å². The highest BCUT2D eigenvalue weighted by Gasteiger charge is 2.24. The van der Waals surface area contributed by atoms with Crippen molar-refractivity contribution in [1.82, 2.24) is 9.38 Å². The second-order valence-electron chi connectivity index (χ2n) is 7.30. The number of carbonyl (C=O) groups excluding carboxylic acids is 1. The van der Waals surface area contributed by atoms with Gasteiger partial charge in [0.25, 0.3) is 0 Å². The maximum atomic E-state index is 12.9. The summed E-state index contributed by atoms with van der Waals surface area (Å²) in [4.78, 5) is 17.4. The lowest BCUT2D eigenvalue weighted by Gasteiger charge is -2.21. The molecule has 0 amide bonds. The molecule has 0 spiro atoms. The van der Waals surface area contributed by atoms with Crippen LogP contribution in [0.1, 0.15) is 36.7 Å². The average molecular weight is 332 g/mol. The summed E-state index contributed by atoms with van der Waals surface area (Å²) >= 11 is 0. The molecule has 4 aromatic rings. The molecule has 0 aliphatic carbocycles. The van der Waals surface area contributed by atoms with E-state index in [4.69, 9.17) is 4.74 Å². The van der Waals surface area contributed by atoms with Crippen LogP contribution in [0.4, 0.5) is 0 Å². The molecule has 0 radical (unpaired) electrons. The number of ether oxygens (including phenoxy) is 1. The molecule has 4 rings (SSSR count). The van der Waals surface area contributed by atoms with E-state index in [9.17, 15) is 4.79 Å². The first kappa shape index (κ1) is 15.6. The normalized spacial score (nSPS) is 12.2. The molecule has 0 unspecified atom stereocenters. The van der Waals surface area contributed by atoms with Crippen molar-refractivity contribution in [2.45, 2.75) is 33.3 Å². The van der Waals surface area contributed by atoms with E-state index in [0.29, 0.717) is 5.56 Å². The lowest BCUT2D eigenvalue weighted by atomic mass is 10.0. The molecule has 1 aromatic carbocycles. The Bertz CT molecular complexity index is 1130. The minimum absolute atomic E-state index is 0.290. The number of carbonyl (C=O) groups is 1. The summed E-state index contributed by atoms with van der Waals surface area (Å²) in [5, 5.41) is 1.93. The molecule has 0 atom stereocenters. The minimum atomic E-state index is -0.537. The van der Waals surface area contributed by atoms with Gasteiger partial charge in [-0.2, -0.15) is 0 Å². The zero-order valence-corrected chi connectivity index (χ0v) is 14.8. The van der Waals surface area contributed by atoms with E-state index >= 15 is 0 Å². The van der Waals surface area contributed by atoms with Crippen molar-refractivity contribution < 1.29 is 9.53 Å². The fourth-order valence-electron chi connectivity index (χ4n) is 3.36. The fraction of sp³-hybridized carbons (Fsp3) is 0.238. The molecule has 0 fully saturated rings. The second kappa shape index (κ2) is 5.31. The standard InChI is InChI=1S/C21H20N2O2/c1-13-17-12-14-8-7-11-22-19(14)23(17)16-10-6-5-9-15(16)18(13)20(24)25-21(2,3)4/h5-12H,1-4H3. The van der Waals surface area contributed by atoms with E-state index in [1.165, 1.54) is 0 Å². The van der Waals surface area contributed by atoms with Gasteiger partial charge in [-0.1, -0.05) is 18.2 Å². The topological polar surface area (TPSA) is 43.6 Å². The highest BCUT2D eigenvalue weighted by molar-refractivity contribution is 6.09. The van der Waals surface area contributed by atoms with Crippen LogP contribution in [-0.4, -0.2) is 21.0 Å². The Balaban J connectivity index is 2.14. The Hall–Kier alpha value is -2.88. The van der Waals surface area contributed by atoms with Gasteiger partial charge in [0.2, 0.25) is 0 Å². The highest BCUT2D eigenvalue weighted by Crippen LogP contribution is 2.32. The number of esters is 1. The lowest BCUT2D eigenvalue weighted by Crippen LogP contribution is -2.24. The number of hydrogen-bond donors (Lipinski definition) is 0. The molecular weight excluding hydrogens is 312 g/mol. The molecule has 3 aromatic heterocycles. The Morgan fingerprint density at radius 1 is 1.08 bits per heavy atom. The Labute approximate surface area is 146 Å². The van der Waals surface area contributed by atoms with Crippen molar-refractivity contribution in [2.75, 3.05) is 0 Å². The van der Waals surface area contributed by atoms with E-state index in [1.54, 1.807) is 6.20 Å². The van der Waals surface area contributed by atoms with Crippen molar-refractivity contribution >= 4 is 33.4 Å². The summed E-state index contributed by atoms with van der Waals surface area (Å²) in [6, 6.07) is 14.0. The van der Waals surface area contributed by atoms with Gasteiger partial charge in [-0.3, -0.25) is 4.40 Å². The first-order valence-corrected chi connectivity index (χ1v) is 8.38. The summed E-state index contributed by atoms with van der Waals surface area (Å²) in [5.41, 5.74) is 3.83. The van der Waals surface area contributed by atoms with Gasteiger partial charge in [-0.15, -0.1) is 0 Å². The van der Waals surface area contributed by atoms with Crippen LogP contribution in [0, 0.1) is 6.92 Å². The first-order chi connectivity index (χ1) is 11.9. The first-order valence-electron chi connectivity index (χ1n) is 8.38. The molecule has 0 saturated heterocycles. The maximum absolute atomic E-state index is 12.9. The van der Waals surface area contributed by atoms with Gasteiger partial charge in [-0.25, -0.2) is 9.78 Å². The van der Waals surface area contributed by atoms with Crippen molar-refractivity contribution in [2.24, 2.45) is 0 Å². The summed E-state index contributed by atoms with van der Waals surface area (Å²) in [5.74, 6) is -0.290. The quantitative estimate of drug-likeness (QED) is 0.465. The molecule has 0 N–H and O–H groups in total. The molecule has 0 bridgehead atoms. The molecule has 0 saturated carbocycles. The zero-order chi connectivity index (χ0) is 17.8. The summed E-state index contributed by atoms with van der Waals surface area (Å²) in [6.45, 7) is 7.63. The molecule has 126 valence electrons. The minimum Gasteiger partial charge on any atom is -0.456 e. The van der Waals surface area contributed by atoms with Crippen LogP contribution in [0.5, 0.6) is 0 Å². The predicted molar refractivity (Wildman–Crippen MR) is 100 cm³/mol.